The van der Waals surface area contributed by atoms with Gasteiger partial charge in [-0.05, 0) is 17.7 Å². The highest BCUT2D eigenvalue weighted by molar-refractivity contribution is 6.17. The van der Waals surface area contributed by atoms with Crippen LogP contribution >= 0.6 is 11.6 Å². The number of hydrogen-bond donors (Lipinski definition) is 1. The number of amides is 1. The number of nitrogens with one attached hydrogen (secondary N) is 1. The Kier molecular flexibility index (Phi) is 2.94. The van der Waals surface area contributed by atoms with Crippen LogP contribution in [0, 0.1) is 5.53 Å². The summed E-state index contributed by atoms with van der Waals surface area (Å²) in [5, 5.41) is 2.79. The zero-order chi connectivity index (χ0) is 8.97. The van der Waals surface area contributed by atoms with Crippen LogP contribution in [0.4, 0.5) is 0 Å². The zero-order valence-corrected chi connectivity index (χ0v) is 7.01. The SMILES string of the molecule is N=NC(=O)c1ccc(CCl)cc1. The minimum atomic E-state index is -0.531. The second kappa shape index (κ2) is 3.97. The molecule has 0 bridgehead atoms. The summed E-state index contributed by atoms with van der Waals surface area (Å²) < 4.78 is 0. The second-order valence-corrected chi connectivity index (χ2v) is 2.51. The average molecular weight is 183 g/mol. The molecular weight excluding hydrogens is 176 g/mol. The van der Waals surface area contributed by atoms with E-state index < -0.39 is 5.91 Å². The van der Waals surface area contributed by atoms with Gasteiger partial charge in [-0.15, -0.1) is 16.7 Å². The molecule has 0 radical (unpaired) electrons. The molecule has 0 unspecified atom stereocenters. The molecular formula is C8H7ClN2O. The van der Waals surface area contributed by atoms with Gasteiger partial charge >= 0.3 is 0 Å². The maximum absolute atomic E-state index is 10.8. The van der Waals surface area contributed by atoms with Crippen molar-refractivity contribution in [1.82, 2.24) is 0 Å². The number of nitrogens with zero attached hydrogens (tertiary/aromatic N) is 1. The number of carbonyl (C=O) groups is 1. The Bertz CT molecular complexity index is 294. The van der Waals surface area contributed by atoms with E-state index in [1.165, 1.54) is 0 Å². The molecule has 0 heterocycles. The Balaban J connectivity index is 2.91. The van der Waals surface area contributed by atoms with Crippen LogP contribution in [0.1, 0.15) is 15.9 Å². The van der Waals surface area contributed by atoms with Crippen molar-refractivity contribution in [3.63, 3.8) is 0 Å². The molecule has 0 aliphatic heterocycles. The molecule has 0 aromatic heterocycles. The van der Waals surface area contributed by atoms with E-state index in [9.17, 15) is 4.79 Å². The lowest BCUT2D eigenvalue weighted by molar-refractivity contribution is 0.0991. The molecule has 0 aliphatic carbocycles. The van der Waals surface area contributed by atoms with Gasteiger partial charge in [-0.25, -0.2) is 5.53 Å². The van der Waals surface area contributed by atoms with E-state index >= 15 is 0 Å². The fourth-order valence-electron chi connectivity index (χ4n) is 0.801. The van der Waals surface area contributed by atoms with E-state index in [4.69, 9.17) is 17.1 Å². The normalized spacial score (nSPS) is 9.42. The number of halogens is 1. The summed E-state index contributed by atoms with van der Waals surface area (Å²) in [4.78, 5) is 10.8. The van der Waals surface area contributed by atoms with Crippen LogP contribution in [0.3, 0.4) is 0 Å². The molecule has 0 saturated heterocycles. The molecule has 1 amide bonds. The first-order valence-corrected chi connectivity index (χ1v) is 3.88. The molecule has 4 heteroatoms. The van der Waals surface area contributed by atoms with E-state index in [0.29, 0.717) is 11.4 Å². The Morgan fingerprint density at radius 2 is 2.00 bits per heavy atom. The zero-order valence-electron chi connectivity index (χ0n) is 6.25. The summed E-state index contributed by atoms with van der Waals surface area (Å²) in [6.07, 6.45) is 0. The minimum absolute atomic E-state index is 0.416. The fraction of sp³-hybridized carbons (Fsp3) is 0.125. The predicted molar refractivity (Wildman–Crippen MR) is 45.5 cm³/mol. The lowest BCUT2D eigenvalue weighted by Gasteiger charge is -1.95. The number of rotatable bonds is 2. The van der Waals surface area contributed by atoms with Gasteiger partial charge in [0, 0.05) is 11.4 Å². The maximum atomic E-state index is 10.8. The van der Waals surface area contributed by atoms with Crippen molar-refractivity contribution in [2.75, 3.05) is 0 Å². The summed E-state index contributed by atoms with van der Waals surface area (Å²) in [5.74, 6) is -0.108. The molecule has 0 aliphatic rings. The highest BCUT2D eigenvalue weighted by atomic mass is 35.5. The molecule has 0 atom stereocenters. The molecule has 62 valence electrons. The number of hydrogen-bond acceptors (Lipinski definition) is 2. The summed E-state index contributed by atoms with van der Waals surface area (Å²) in [7, 11) is 0. The van der Waals surface area contributed by atoms with Crippen LogP contribution in [-0.4, -0.2) is 5.91 Å². The first-order valence-electron chi connectivity index (χ1n) is 3.34. The van der Waals surface area contributed by atoms with Gasteiger partial charge in [0.25, 0.3) is 5.91 Å². The van der Waals surface area contributed by atoms with Crippen LogP contribution in [0.25, 0.3) is 0 Å². The van der Waals surface area contributed by atoms with Gasteiger partial charge < -0.3 is 0 Å². The van der Waals surface area contributed by atoms with Crippen molar-refractivity contribution in [3.05, 3.63) is 35.4 Å². The first-order chi connectivity index (χ1) is 5.77. The van der Waals surface area contributed by atoms with Gasteiger partial charge in [0.1, 0.15) is 0 Å². The van der Waals surface area contributed by atoms with Crippen LogP contribution in [0.2, 0.25) is 0 Å². The van der Waals surface area contributed by atoms with Crippen molar-refractivity contribution < 1.29 is 4.79 Å². The van der Waals surface area contributed by atoms with E-state index in [1.54, 1.807) is 24.3 Å². The standard InChI is InChI=1S/C8H7ClN2O/c9-5-6-1-3-7(4-2-6)8(12)11-10/h1-4,10H,5H2. The van der Waals surface area contributed by atoms with Crippen molar-refractivity contribution >= 4 is 17.5 Å². The molecule has 1 aromatic rings. The Hall–Kier alpha value is -1.22. The maximum Gasteiger partial charge on any atom is 0.294 e. The molecule has 1 N–H and O–H groups in total. The smallest absolute Gasteiger partial charge is 0.265 e. The van der Waals surface area contributed by atoms with Gasteiger partial charge in [-0.2, -0.15) is 0 Å². The third kappa shape index (κ3) is 1.89. The number of alkyl halides is 1. The van der Waals surface area contributed by atoms with Crippen molar-refractivity contribution in [2.45, 2.75) is 5.88 Å². The molecule has 1 aromatic carbocycles. The average Bonchev–Trinajstić information content (AvgIpc) is 2.17. The third-order valence-electron chi connectivity index (χ3n) is 1.46. The summed E-state index contributed by atoms with van der Waals surface area (Å²) >= 11 is 5.55. The van der Waals surface area contributed by atoms with E-state index in [-0.39, 0.29) is 0 Å². The predicted octanol–water partition coefficient (Wildman–Crippen LogP) is 2.60. The lowest BCUT2D eigenvalue weighted by atomic mass is 10.1. The minimum Gasteiger partial charge on any atom is -0.265 e. The highest BCUT2D eigenvalue weighted by Gasteiger charge is 2.01. The van der Waals surface area contributed by atoms with Crippen molar-refractivity contribution in [3.8, 4) is 0 Å². The van der Waals surface area contributed by atoms with Gasteiger partial charge in [-0.3, -0.25) is 4.79 Å². The largest absolute Gasteiger partial charge is 0.294 e. The van der Waals surface area contributed by atoms with E-state index in [0.717, 1.165) is 5.56 Å². The number of carbonyl (C=O) groups excluding carboxylic acids is 1. The fourth-order valence-corrected chi connectivity index (χ4v) is 0.979. The molecule has 3 nitrogen and oxygen atoms in total. The van der Waals surface area contributed by atoms with E-state index in [1.807, 2.05) is 0 Å². The van der Waals surface area contributed by atoms with Gasteiger partial charge in [0.2, 0.25) is 0 Å². The molecule has 12 heavy (non-hydrogen) atoms. The Morgan fingerprint density at radius 3 is 2.42 bits per heavy atom. The lowest BCUT2D eigenvalue weighted by Crippen LogP contribution is -1.92. The summed E-state index contributed by atoms with van der Waals surface area (Å²) in [5.41, 5.74) is 7.85. The summed E-state index contributed by atoms with van der Waals surface area (Å²) in [6, 6.07) is 6.70. The van der Waals surface area contributed by atoms with Crippen LogP contribution < -0.4 is 0 Å². The molecule has 0 spiro atoms. The van der Waals surface area contributed by atoms with Crippen molar-refractivity contribution in [2.24, 2.45) is 5.11 Å². The van der Waals surface area contributed by atoms with Gasteiger partial charge in [-0.1, -0.05) is 12.1 Å². The van der Waals surface area contributed by atoms with Gasteiger partial charge in [0.15, 0.2) is 0 Å². The summed E-state index contributed by atoms with van der Waals surface area (Å²) in [6.45, 7) is 0. The monoisotopic (exact) mass is 182 g/mol. The molecule has 0 saturated carbocycles. The molecule has 1 rings (SSSR count). The number of benzene rings is 1. The van der Waals surface area contributed by atoms with Gasteiger partial charge in [0.05, 0.1) is 0 Å². The third-order valence-corrected chi connectivity index (χ3v) is 1.77. The highest BCUT2D eigenvalue weighted by Crippen LogP contribution is 2.07. The second-order valence-electron chi connectivity index (χ2n) is 2.25. The van der Waals surface area contributed by atoms with Crippen LogP contribution in [0.5, 0.6) is 0 Å². The topological polar surface area (TPSA) is 53.3 Å². The van der Waals surface area contributed by atoms with E-state index in [2.05, 4.69) is 5.11 Å². The Morgan fingerprint density at radius 1 is 1.42 bits per heavy atom. The first kappa shape index (κ1) is 8.87. The molecule has 0 fully saturated rings. The quantitative estimate of drug-likeness (QED) is 0.555. The Labute approximate surface area is 74.9 Å². The van der Waals surface area contributed by atoms with Crippen LogP contribution in [-0.2, 0) is 5.88 Å². The van der Waals surface area contributed by atoms with Crippen LogP contribution in [0.15, 0.2) is 29.4 Å². The van der Waals surface area contributed by atoms with Crippen molar-refractivity contribution in [1.29, 1.82) is 5.53 Å².